The summed E-state index contributed by atoms with van der Waals surface area (Å²) in [6, 6.07) is 6.97. The van der Waals surface area contributed by atoms with Gasteiger partial charge >= 0.3 is 0 Å². The molecule has 19 heavy (non-hydrogen) atoms. The minimum atomic E-state index is 0.464. The van der Waals surface area contributed by atoms with Gasteiger partial charge in [-0.25, -0.2) is 4.98 Å². The van der Waals surface area contributed by atoms with Gasteiger partial charge in [0.2, 0.25) is 0 Å². The van der Waals surface area contributed by atoms with E-state index in [4.69, 9.17) is 16.6 Å². The Hall–Kier alpha value is -1.02. The van der Waals surface area contributed by atoms with Crippen LogP contribution in [0.3, 0.4) is 0 Å². The molecule has 0 spiro atoms. The fourth-order valence-corrected chi connectivity index (χ4v) is 2.97. The number of aryl methyl sites for hydroxylation is 2. The lowest BCUT2D eigenvalue weighted by atomic mass is 10.0. The third-order valence-corrected chi connectivity index (χ3v) is 3.68. The predicted octanol–water partition coefficient (Wildman–Crippen LogP) is 4.73. The van der Waals surface area contributed by atoms with Crippen molar-refractivity contribution in [1.29, 1.82) is 0 Å². The Kier molecular flexibility index (Phi) is 4.51. The molecule has 2 rings (SSSR count). The van der Waals surface area contributed by atoms with Crippen LogP contribution in [-0.4, -0.2) is 15.4 Å². The normalized spacial score (nSPS) is 13.4. The van der Waals surface area contributed by atoms with Gasteiger partial charge in [-0.1, -0.05) is 19.9 Å². The average molecular weight is 279 g/mol. The van der Waals surface area contributed by atoms with E-state index < -0.39 is 0 Å². The van der Waals surface area contributed by atoms with E-state index in [0.29, 0.717) is 17.8 Å². The third kappa shape index (κ3) is 3.11. The highest BCUT2D eigenvalue weighted by Gasteiger charge is 2.16. The number of nitrogens with zero attached hydrogens (tertiary/aromatic N) is 2. The number of benzene rings is 1. The maximum Gasteiger partial charge on any atom is 0.111 e. The van der Waals surface area contributed by atoms with E-state index in [-0.39, 0.29) is 0 Å². The summed E-state index contributed by atoms with van der Waals surface area (Å²) in [7, 11) is 0. The van der Waals surface area contributed by atoms with E-state index in [1.165, 1.54) is 11.1 Å². The fraction of sp³-hybridized carbons (Fsp3) is 0.562. The van der Waals surface area contributed by atoms with E-state index in [1.807, 2.05) is 0 Å². The van der Waals surface area contributed by atoms with Crippen LogP contribution in [0.5, 0.6) is 0 Å². The van der Waals surface area contributed by atoms with Gasteiger partial charge in [0.25, 0.3) is 0 Å². The molecule has 2 nitrogen and oxygen atoms in total. The summed E-state index contributed by atoms with van der Waals surface area (Å²) in [6.45, 7) is 8.91. The molecule has 1 aromatic carbocycles. The summed E-state index contributed by atoms with van der Waals surface area (Å²) in [6.07, 6.45) is 1.99. The van der Waals surface area contributed by atoms with Crippen molar-refractivity contribution < 1.29 is 0 Å². The van der Waals surface area contributed by atoms with Gasteiger partial charge in [0.15, 0.2) is 0 Å². The number of alkyl halides is 1. The van der Waals surface area contributed by atoms with Crippen molar-refractivity contribution in [2.75, 3.05) is 5.88 Å². The van der Waals surface area contributed by atoms with Gasteiger partial charge in [-0.05, 0) is 43.9 Å². The summed E-state index contributed by atoms with van der Waals surface area (Å²) >= 11 is 5.92. The molecule has 1 unspecified atom stereocenters. The summed E-state index contributed by atoms with van der Waals surface area (Å²) in [5, 5.41) is 0. The molecule has 1 atom stereocenters. The van der Waals surface area contributed by atoms with Crippen LogP contribution in [0, 0.1) is 12.8 Å². The summed E-state index contributed by atoms with van der Waals surface area (Å²) in [5.41, 5.74) is 3.58. The quantitative estimate of drug-likeness (QED) is 0.723. The van der Waals surface area contributed by atoms with Crippen LogP contribution in [0.15, 0.2) is 18.2 Å². The Balaban J connectivity index is 2.51. The van der Waals surface area contributed by atoms with E-state index >= 15 is 0 Å². The van der Waals surface area contributed by atoms with E-state index in [9.17, 15) is 0 Å². The zero-order chi connectivity index (χ0) is 14.0. The molecule has 0 saturated carbocycles. The van der Waals surface area contributed by atoms with E-state index in [0.717, 1.165) is 24.2 Å². The Morgan fingerprint density at radius 3 is 2.63 bits per heavy atom. The first-order valence-corrected chi connectivity index (χ1v) is 7.59. The fourth-order valence-electron chi connectivity index (χ4n) is 2.80. The lowest BCUT2D eigenvalue weighted by Gasteiger charge is -2.19. The molecule has 0 aliphatic rings. The van der Waals surface area contributed by atoms with Crippen LogP contribution in [0.1, 0.15) is 44.6 Å². The van der Waals surface area contributed by atoms with Gasteiger partial charge in [-0.15, -0.1) is 11.6 Å². The number of imidazole rings is 1. The monoisotopic (exact) mass is 278 g/mol. The standard InChI is InChI=1S/C16H23ClN2/c1-11(2)9-13(4)19-15-6-5-12(3)10-14(15)18-16(19)7-8-17/h5-6,10-11,13H,7-9H2,1-4H3. The van der Waals surface area contributed by atoms with Crippen LogP contribution in [0.4, 0.5) is 0 Å². The maximum atomic E-state index is 5.92. The molecule has 1 aromatic heterocycles. The number of aromatic nitrogens is 2. The van der Waals surface area contributed by atoms with Gasteiger partial charge in [-0.2, -0.15) is 0 Å². The molecule has 0 aliphatic heterocycles. The van der Waals surface area contributed by atoms with Crippen molar-refractivity contribution in [3.63, 3.8) is 0 Å². The molecule has 0 bridgehead atoms. The second-order valence-corrected chi connectivity index (χ2v) is 6.19. The predicted molar refractivity (Wildman–Crippen MR) is 83.1 cm³/mol. The zero-order valence-corrected chi connectivity index (χ0v) is 13.0. The van der Waals surface area contributed by atoms with E-state index in [1.54, 1.807) is 0 Å². The highest BCUT2D eigenvalue weighted by Crippen LogP contribution is 2.26. The number of hydrogen-bond donors (Lipinski definition) is 0. The number of halogens is 1. The van der Waals surface area contributed by atoms with Gasteiger partial charge in [-0.3, -0.25) is 0 Å². The van der Waals surface area contributed by atoms with Crippen molar-refractivity contribution in [3.8, 4) is 0 Å². The highest BCUT2D eigenvalue weighted by atomic mass is 35.5. The lowest BCUT2D eigenvalue weighted by Crippen LogP contribution is -2.12. The summed E-state index contributed by atoms with van der Waals surface area (Å²) < 4.78 is 2.37. The van der Waals surface area contributed by atoms with E-state index in [2.05, 4.69) is 50.5 Å². The largest absolute Gasteiger partial charge is 0.325 e. The summed E-state index contributed by atoms with van der Waals surface area (Å²) in [5.74, 6) is 2.42. The first-order chi connectivity index (χ1) is 9.02. The lowest BCUT2D eigenvalue weighted by molar-refractivity contribution is 0.426. The zero-order valence-electron chi connectivity index (χ0n) is 12.3. The molecule has 0 aliphatic carbocycles. The van der Waals surface area contributed by atoms with Crippen LogP contribution in [-0.2, 0) is 6.42 Å². The minimum Gasteiger partial charge on any atom is -0.325 e. The Morgan fingerprint density at radius 1 is 1.26 bits per heavy atom. The average Bonchev–Trinajstić information content (AvgIpc) is 2.65. The molecular weight excluding hydrogens is 256 g/mol. The Bertz CT molecular complexity index is 557. The molecule has 3 heteroatoms. The molecule has 1 heterocycles. The third-order valence-electron chi connectivity index (χ3n) is 3.49. The SMILES string of the molecule is Cc1ccc2c(c1)nc(CCCl)n2C(C)CC(C)C. The molecular formula is C16H23ClN2. The second-order valence-electron chi connectivity index (χ2n) is 5.81. The smallest absolute Gasteiger partial charge is 0.111 e. The highest BCUT2D eigenvalue weighted by molar-refractivity contribution is 6.17. The Morgan fingerprint density at radius 2 is 2.00 bits per heavy atom. The maximum absolute atomic E-state index is 5.92. The van der Waals surface area contributed by atoms with Gasteiger partial charge in [0, 0.05) is 18.3 Å². The molecule has 104 valence electrons. The van der Waals surface area contributed by atoms with Crippen molar-refractivity contribution in [3.05, 3.63) is 29.6 Å². The summed E-state index contributed by atoms with van der Waals surface area (Å²) in [4.78, 5) is 4.77. The Labute approximate surface area is 120 Å². The molecule has 2 aromatic rings. The van der Waals surface area contributed by atoms with Crippen molar-refractivity contribution in [1.82, 2.24) is 9.55 Å². The number of rotatable bonds is 5. The molecule has 0 saturated heterocycles. The van der Waals surface area contributed by atoms with Gasteiger partial charge in [0.05, 0.1) is 11.0 Å². The molecule has 0 N–H and O–H groups in total. The molecule has 0 fully saturated rings. The minimum absolute atomic E-state index is 0.464. The topological polar surface area (TPSA) is 17.8 Å². The first kappa shape index (κ1) is 14.4. The van der Waals surface area contributed by atoms with Gasteiger partial charge in [0.1, 0.15) is 5.82 Å². The van der Waals surface area contributed by atoms with Crippen molar-refractivity contribution >= 4 is 22.6 Å². The van der Waals surface area contributed by atoms with Crippen molar-refractivity contribution in [2.45, 2.75) is 46.6 Å². The van der Waals surface area contributed by atoms with Crippen molar-refractivity contribution in [2.24, 2.45) is 5.92 Å². The first-order valence-electron chi connectivity index (χ1n) is 7.06. The molecule has 0 amide bonds. The number of fused-ring (bicyclic) bond motifs is 1. The van der Waals surface area contributed by atoms with Crippen LogP contribution in [0.2, 0.25) is 0 Å². The second kappa shape index (κ2) is 5.96. The molecule has 0 radical (unpaired) electrons. The van der Waals surface area contributed by atoms with Crippen LogP contribution >= 0.6 is 11.6 Å². The number of hydrogen-bond acceptors (Lipinski definition) is 1. The van der Waals surface area contributed by atoms with Crippen LogP contribution in [0.25, 0.3) is 11.0 Å². The van der Waals surface area contributed by atoms with Crippen LogP contribution < -0.4 is 0 Å². The van der Waals surface area contributed by atoms with Gasteiger partial charge < -0.3 is 4.57 Å².